The maximum atomic E-state index is 5.69. The average Bonchev–Trinajstić information content (AvgIpc) is 2.09. The van der Waals surface area contributed by atoms with Crippen LogP contribution in [0, 0.1) is 13.8 Å². The molecule has 3 N–H and O–H groups in total. The topological polar surface area (TPSA) is 41.8 Å². The molecule has 0 fully saturated rings. The fraction of sp³-hybridized carbons (Fsp3) is 0.556. The lowest BCUT2D eigenvalue weighted by Gasteiger charge is -2.02. The van der Waals surface area contributed by atoms with Crippen LogP contribution in [0.3, 0.4) is 0 Å². The predicted octanol–water partition coefficient (Wildman–Crippen LogP) is 1.52. The van der Waals surface area contributed by atoms with Gasteiger partial charge >= 0.3 is 0 Å². The summed E-state index contributed by atoms with van der Waals surface area (Å²) in [6, 6.07) is 2.42. The molecule has 2 heteroatoms. The van der Waals surface area contributed by atoms with E-state index in [1.165, 1.54) is 17.0 Å². The molecule has 0 radical (unpaired) electrons. The number of aromatic amines is 1. The van der Waals surface area contributed by atoms with Gasteiger partial charge < -0.3 is 10.7 Å². The Kier molecular flexibility index (Phi) is 2.35. The van der Waals surface area contributed by atoms with Crippen LogP contribution in [0.25, 0.3) is 0 Å². The van der Waals surface area contributed by atoms with Gasteiger partial charge in [-0.15, -0.1) is 0 Å². The summed E-state index contributed by atoms with van der Waals surface area (Å²) < 4.78 is 0. The molecule has 1 aromatic rings. The average molecular weight is 152 g/mol. The summed E-state index contributed by atoms with van der Waals surface area (Å²) in [6.07, 6.45) is 0.968. The van der Waals surface area contributed by atoms with Crippen molar-refractivity contribution in [2.45, 2.75) is 33.2 Å². The van der Waals surface area contributed by atoms with E-state index in [4.69, 9.17) is 5.73 Å². The van der Waals surface area contributed by atoms with Crippen LogP contribution < -0.4 is 5.73 Å². The first-order chi connectivity index (χ1) is 5.09. The monoisotopic (exact) mass is 152 g/mol. The lowest BCUT2D eigenvalue weighted by molar-refractivity contribution is 0.735. The van der Waals surface area contributed by atoms with Gasteiger partial charge in [0.2, 0.25) is 0 Å². The molecule has 0 saturated heterocycles. The van der Waals surface area contributed by atoms with E-state index in [-0.39, 0.29) is 6.04 Å². The zero-order chi connectivity index (χ0) is 8.43. The SMILES string of the molecule is Cc1cc(C[C@@H](C)N)c(C)[nH]1. The molecule has 0 aliphatic heterocycles. The normalized spacial score (nSPS) is 13.5. The number of hydrogen-bond donors (Lipinski definition) is 2. The minimum absolute atomic E-state index is 0.254. The van der Waals surface area contributed by atoms with Crippen LogP contribution in [-0.2, 0) is 6.42 Å². The lowest BCUT2D eigenvalue weighted by atomic mass is 10.1. The first-order valence-electron chi connectivity index (χ1n) is 4.00. The van der Waals surface area contributed by atoms with Gasteiger partial charge in [0.25, 0.3) is 0 Å². The van der Waals surface area contributed by atoms with E-state index in [9.17, 15) is 0 Å². The summed E-state index contributed by atoms with van der Waals surface area (Å²) in [7, 11) is 0. The fourth-order valence-corrected chi connectivity index (χ4v) is 1.34. The van der Waals surface area contributed by atoms with Crippen LogP contribution in [0.2, 0.25) is 0 Å². The van der Waals surface area contributed by atoms with Gasteiger partial charge in [-0.1, -0.05) is 0 Å². The molecule has 1 heterocycles. The molecule has 62 valence electrons. The standard InChI is InChI=1S/C9H16N2/c1-6(10)4-9-5-7(2)11-8(9)3/h5-6,11H,4,10H2,1-3H3/t6-/m1/s1. The molecule has 0 unspecified atom stereocenters. The first kappa shape index (κ1) is 8.34. The Bertz CT molecular complexity index is 236. The molecule has 0 bridgehead atoms. The fourth-order valence-electron chi connectivity index (χ4n) is 1.34. The molecule has 2 nitrogen and oxygen atoms in total. The summed E-state index contributed by atoms with van der Waals surface area (Å²) in [5, 5.41) is 0. The van der Waals surface area contributed by atoms with E-state index in [1.54, 1.807) is 0 Å². The molecule has 1 rings (SSSR count). The van der Waals surface area contributed by atoms with E-state index >= 15 is 0 Å². The molecular weight excluding hydrogens is 136 g/mol. The van der Waals surface area contributed by atoms with E-state index in [0.717, 1.165) is 6.42 Å². The highest BCUT2D eigenvalue weighted by atomic mass is 14.7. The van der Waals surface area contributed by atoms with Crippen molar-refractivity contribution < 1.29 is 0 Å². The van der Waals surface area contributed by atoms with Crippen LogP contribution in [0.1, 0.15) is 23.9 Å². The van der Waals surface area contributed by atoms with Crippen molar-refractivity contribution in [3.05, 3.63) is 23.0 Å². The van der Waals surface area contributed by atoms with E-state index in [1.807, 2.05) is 6.92 Å². The molecule has 0 aliphatic carbocycles. The van der Waals surface area contributed by atoms with Gasteiger partial charge in [0.05, 0.1) is 0 Å². The Morgan fingerprint density at radius 3 is 2.55 bits per heavy atom. The molecule has 11 heavy (non-hydrogen) atoms. The minimum Gasteiger partial charge on any atom is -0.362 e. The van der Waals surface area contributed by atoms with Gasteiger partial charge in [-0.3, -0.25) is 0 Å². The quantitative estimate of drug-likeness (QED) is 0.663. The molecule has 0 spiro atoms. The Balaban J connectivity index is 2.77. The number of aromatic nitrogens is 1. The third-order valence-corrected chi connectivity index (χ3v) is 1.80. The van der Waals surface area contributed by atoms with Gasteiger partial charge in [0.1, 0.15) is 0 Å². The Hall–Kier alpha value is -0.760. The van der Waals surface area contributed by atoms with E-state index < -0.39 is 0 Å². The molecule has 1 aromatic heterocycles. The van der Waals surface area contributed by atoms with Crippen molar-refractivity contribution in [1.82, 2.24) is 4.98 Å². The van der Waals surface area contributed by atoms with Gasteiger partial charge in [0, 0.05) is 17.4 Å². The third-order valence-electron chi connectivity index (χ3n) is 1.80. The van der Waals surface area contributed by atoms with Gasteiger partial charge in [-0.2, -0.15) is 0 Å². The van der Waals surface area contributed by atoms with Crippen molar-refractivity contribution in [1.29, 1.82) is 0 Å². The van der Waals surface area contributed by atoms with Crippen molar-refractivity contribution in [3.63, 3.8) is 0 Å². The smallest absolute Gasteiger partial charge is 0.0150 e. The highest BCUT2D eigenvalue weighted by Gasteiger charge is 2.03. The van der Waals surface area contributed by atoms with Crippen LogP contribution in [-0.4, -0.2) is 11.0 Å². The Morgan fingerprint density at radius 2 is 2.18 bits per heavy atom. The maximum Gasteiger partial charge on any atom is 0.0150 e. The summed E-state index contributed by atoms with van der Waals surface area (Å²) in [5.41, 5.74) is 9.50. The number of nitrogens with two attached hydrogens (primary N) is 1. The molecule has 0 aromatic carbocycles. The molecular formula is C9H16N2. The number of H-pyrrole nitrogens is 1. The molecule has 0 amide bonds. The second-order valence-electron chi connectivity index (χ2n) is 3.28. The highest BCUT2D eigenvalue weighted by Crippen LogP contribution is 2.10. The van der Waals surface area contributed by atoms with E-state index in [2.05, 4.69) is 24.9 Å². The first-order valence-corrected chi connectivity index (χ1v) is 4.00. The number of rotatable bonds is 2. The van der Waals surface area contributed by atoms with Crippen LogP contribution in [0.4, 0.5) is 0 Å². The van der Waals surface area contributed by atoms with Crippen LogP contribution in [0.15, 0.2) is 6.07 Å². The maximum absolute atomic E-state index is 5.69. The zero-order valence-electron chi connectivity index (χ0n) is 7.44. The summed E-state index contributed by atoms with van der Waals surface area (Å²) in [5.74, 6) is 0. The largest absolute Gasteiger partial charge is 0.362 e. The van der Waals surface area contributed by atoms with Crippen molar-refractivity contribution in [2.24, 2.45) is 5.73 Å². The van der Waals surface area contributed by atoms with Crippen molar-refractivity contribution in [3.8, 4) is 0 Å². The Morgan fingerprint density at radius 1 is 1.55 bits per heavy atom. The second kappa shape index (κ2) is 3.09. The van der Waals surface area contributed by atoms with Gasteiger partial charge in [-0.25, -0.2) is 0 Å². The Labute approximate surface area is 67.8 Å². The lowest BCUT2D eigenvalue weighted by Crippen LogP contribution is -2.17. The minimum atomic E-state index is 0.254. The summed E-state index contributed by atoms with van der Waals surface area (Å²) in [4.78, 5) is 3.26. The summed E-state index contributed by atoms with van der Waals surface area (Å²) in [6.45, 7) is 6.18. The van der Waals surface area contributed by atoms with Gasteiger partial charge in [-0.05, 0) is 38.8 Å². The van der Waals surface area contributed by atoms with Crippen molar-refractivity contribution >= 4 is 0 Å². The highest BCUT2D eigenvalue weighted by molar-refractivity contribution is 5.24. The van der Waals surface area contributed by atoms with Crippen molar-refractivity contribution in [2.75, 3.05) is 0 Å². The van der Waals surface area contributed by atoms with Crippen LogP contribution >= 0.6 is 0 Å². The summed E-state index contributed by atoms with van der Waals surface area (Å²) >= 11 is 0. The predicted molar refractivity (Wildman–Crippen MR) is 47.6 cm³/mol. The zero-order valence-corrected chi connectivity index (χ0v) is 7.44. The van der Waals surface area contributed by atoms with Crippen LogP contribution in [0.5, 0.6) is 0 Å². The molecule has 0 aliphatic rings. The number of aryl methyl sites for hydroxylation is 2. The number of nitrogens with one attached hydrogen (secondary N) is 1. The third kappa shape index (κ3) is 2.09. The molecule has 0 saturated carbocycles. The second-order valence-corrected chi connectivity index (χ2v) is 3.28. The molecule has 1 atom stereocenters. The van der Waals surface area contributed by atoms with Gasteiger partial charge in [0.15, 0.2) is 0 Å². The van der Waals surface area contributed by atoms with E-state index in [0.29, 0.717) is 0 Å². The number of hydrogen-bond acceptors (Lipinski definition) is 1.